The van der Waals surface area contributed by atoms with E-state index in [1.807, 2.05) is 13.8 Å². The smallest absolute Gasteiger partial charge is 0.326 e. The molecule has 0 radical (unpaired) electrons. The lowest BCUT2D eigenvalue weighted by Crippen LogP contribution is -2.36. The summed E-state index contributed by atoms with van der Waals surface area (Å²) < 4.78 is 17.1. The number of anilines is 1. The van der Waals surface area contributed by atoms with Crippen LogP contribution in [0.4, 0.5) is 5.82 Å². The zero-order valence-electron chi connectivity index (χ0n) is 16.3. The molecule has 2 heterocycles. The van der Waals surface area contributed by atoms with E-state index in [9.17, 15) is 14.4 Å². The minimum atomic E-state index is -1.04. The van der Waals surface area contributed by atoms with Crippen molar-refractivity contribution in [2.75, 3.05) is 18.7 Å². The topological polar surface area (TPSA) is 121 Å². The lowest BCUT2D eigenvalue weighted by atomic mass is 10.2. The molecule has 10 nitrogen and oxygen atoms in total. The summed E-state index contributed by atoms with van der Waals surface area (Å²) in [5, 5.41) is 9.23. The molecule has 10 heteroatoms. The second-order valence-corrected chi connectivity index (χ2v) is 6.63. The van der Waals surface area contributed by atoms with E-state index < -0.39 is 23.9 Å². The van der Waals surface area contributed by atoms with Crippen LogP contribution >= 0.6 is 0 Å². The van der Waals surface area contributed by atoms with Crippen LogP contribution in [0, 0.1) is 0 Å². The van der Waals surface area contributed by atoms with Crippen LogP contribution < -0.4 is 20.1 Å². The maximum Gasteiger partial charge on any atom is 0.326 e. The third kappa shape index (κ3) is 4.84. The second kappa shape index (κ2) is 8.63. The first kappa shape index (κ1) is 20.2. The zero-order chi connectivity index (χ0) is 21.0. The molecule has 1 aliphatic rings. The Hall–Kier alpha value is -3.56. The third-order valence-electron chi connectivity index (χ3n) is 4.12. The SMILES string of the molecule is CC(C)n1nccc1NC(=O)[C@H](C)OC(=O)CNC(=O)c1ccc2c(c1)OCO2. The Morgan fingerprint density at radius 3 is 2.69 bits per heavy atom. The van der Waals surface area contributed by atoms with Crippen molar-refractivity contribution in [2.24, 2.45) is 0 Å². The van der Waals surface area contributed by atoms with Gasteiger partial charge in [0.1, 0.15) is 12.4 Å². The molecule has 1 aromatic carbocycles. The van der Waals surface area contributed by atoms with E-state index in [1.165, 1.54) is 13.0 Å². The predicted molar refractivity (Wildman–Crippen MR) is 102 cm³/mol. The first-order valence-electron chi connectivity index (χ1n) is 9.07. The molecule has 2 aromatic rings. The van der Waals surface area contributed by atoms with E-state index in [2.05, 4.69) is 15.7 Å². The normalized spacial score (nSPS) is 13.1. The van der Waals surface area contributed by atoms with E-state index >= 15 is 0 Å². The van der Waals surface area contributed by atoms with Gasteiger partial charge in [0, 0.05) is 17.7 Å². The summed E-state index contributed by atoms with van der Waals surface area (Å²) in [5.74, 6) is -0.185. The molecular weight excluding hydrogens is 380 g/mol. The Labute approximate surface area is 167 Å². The number of amides is 2. The predicted octanol–water partition coefficient (Wildman–Crippen LogP) is 1.49. The minimum Gasteiger partial charge on any atom is -0.454 e. The van der Waals surface area contributed by atoms with Crippen molar-refractivity contribution in [2.45, 2.75) is 32.9 Å². The van der Waals surface area contributed by atoms with Gasteiger partial charge in [-0.15, -0.1) is 0 Å². The van der Waals surface area contributed by atoms with Gasteiger partial charge in [-0.2, -0.15) is 5.10 Å². The average molecular weight is 402 g/mol. The van der Waals surface area contributed by atoms with Crippen LogP contribution in [0.15, 0.2) is 30.5 Å². The molecule has 1 atom stereocenters. The van der Waals surface area contributed by atoms with Crippen LogP contribution in [0.3, 0.4) is 0 Å². The number of hydrogen-bond donors (Lipinski definition) is 2. The summed E-state index contributed by atoms with van der Waals surface area (Å²) in [6, 6.07) is 6.41. The second-order valence-electron chi connectivity index (χ2n) is 6.63. The molecule has 154 valence electrons. The van der Waals surface area contributed by atoms with Gasteiger partial charge in [-0.1, -0.05) is 0 Å². The molecule has 3 rings (SSSR count). The highest BCUT2D eigenvalue weighted by Crippen LogP contribution is 2.32. The first-order valence-corrected chi connectivity index (χ1v) is 9.07. The number of nitrogens with one attached hydrogen (secondary N) is 2. The van der Waals surface area contributed by atoms with Crippen LogP contribution in [0.2, 0.25) is 0 Å². The van der Waals surface area contributed by atoms with Gasteiger partial charge in [0.15, 0.2) is 17.6 Å². The number of carbonyl (C=O) groups excluding carboxylic acids is 3. The number of esters is 1. The van der Waals surface area contributed by atoms with Crippen molar-refractivity contribution in [3.8, 4) is 11.5 Å². The van der Waals surface area contributed by atoms with Crippen LogP contribution in [0.5, 0.6) is 11.5 Å². The number of ether oxygens (including phenoxy) is 3. The highest BCUT2D eigenvalue weighted by atomic mass is 16.7. The molecule has 1 aromatic heterocycles. The van der Waals surface area contributed by atoms with Gasteiger partial charge < -0.3 is 24.8 Å². The Morgan fingerprint density at radius 1 is 1.17 bits per heavy atom. The summed E-state index contributed by atoms with van der Waals surface area (Å²) in [6.45, 7) is 5.02. The summed E-state index contributed by atoms with van der Waals surface area (Å²) >= 11 is 0. The fraction of sp³-hybridized carbons (Fsp3) is 0.368. The number of fused-ring (bicyclic) bond motifs is 1. The minimum absolute atomic E-state index is 0.0598. The lowest BCUT2D eigenvalue weighted by molar-refractivity contribution is -0.152. The van der Waals surface area contributed by atoms with Gasteiger partial charge in [0.25, 0.3) is 11.8 Å². The molecule has 29 heavy (non-hydrogen) atoms. The van der Waals surface area contributed by atoms with Gasteiger partial charge in [0.2, 0.25) is 6.79 Å². The molecular formula is C19H22N4O6. The van der Waals surface area contributed by atoms with Crippen LogP contribution in [-0.4, -0.2) is 47.0 Å². The fourth-order valence-corrected chi connectivity index (χ4v) is 2.64. The van der Waals surface area contributed by atoms with E-state index in [1.54, 1.807) is 29.1 Å². The van der Waals surface area contributed by atoms with Crippen molar-refractivity contribution in [3.63, 3.8) is 0 Å². The number of nitrogens with zero attached hydrogens (tertiary/aromatic N) is 2. The molecule has 0 saturated heterocycles. The van der Waals surface area contributed by atoms with Crippen molar-refractivity contribution in [3.05, 3.63) is 36.0 Å². The Kier molecular flexibility index (Phi) is 6.01. The molecule has 0 spiro atoms. The molecule has 0 aliphatic carbocycles. The molecule has 0 bridgehead atoms. The summed E-state index contributed by atoms with van der Waals surface area (Å²) in [6.07, 6.45) is 0.526. The van der Waals surface area contributed by atoms with Gasteiger partial charge in [-0.25, -0.2) is 4.68 Å². The number of benzene rings is 1. The van der Waals surface area contributed by atoms with Gasteiger partial charge in [-0.05, 0) is 39.0 Å². The summed E-state index contributed by atoms with van der Waals surface area (Å²) in [7, 11) is 0. The standard InChI is InChI=1S/C19H22N4O6/c1-11(2)23-16(6-7-21-23)22-18(25)12(3)29-17(24)9-20-19(26)13-4-5-14-15(8-13)28-10-27-14/h4-8,11-12H,9-10H2,1-3H3,(H,20,26)(H,22,25)/t12-/m0/s1. The van der Waals surface area contributed by atoms with Crippen molar-refractivity contribution in [1.29, 1.82) is 0 Å². The largest absolute Gasteiger partial charge is 0.454 e. The van der Waals surface area contributed by atoms with Crippen molar-refractivity contribution in [1.82, 2.24) is 15.1 Å². The quantitative estimate of drug-likeness (QED) is 0.673. The maximum absolute atomic E-state index is 12.2. The lowest BCUT2D eigenvalue weighted by Gasteiger charge is -2.16. The van der Waals surface area contributed by atoms with Gasteiger partial charge in [-0.3, -0.25) is 14.4 Å². The average Bonchev–Trinajstić information content (AvgIpc) is 3.34. The van der Waals surface area contributed by atoms with E-state index in [4.69, 9.17) is 14.2 Å². The van der Waals surface area contributed by atoms with E-state index in [0.29, 0.717) is 22.9 Å². The van der Waals surface area contributed by atoms with Crippen LogP contribution in [0.1, 0.15) is 37.2 Å². The van der Waals surface area contributed by atoms with Crippen LogP contribution in [0.25, 0.3) is 0 Å². The summed E-state index contributed by atoms with van der Waals surface area (Å²) in [5.41, 5.74) is 0.315. The molecule has 0 unspecified atom stereocenters. The zero-order valence-corrected chi connectivity index (χ0v) is 16.3. The highest BCUT2D eigenvalue weighted by Gasteiger charge is 2.21. The summed E-state index contributed by atoms with van der Waals surface area (Å²) in [4.78, 5) is 36.4. The molecule has 0 fully saturated rings. The van der Waals surface area contributed by atoms with E-state index in [-0.39, 0.29) is 19.4 Å². The molecule has 2 amide bonds. The fourth-order valence-electron chi connectivity index (χ4n) is 2.64. The Morgan fingerprint density at radius 2 is 1.93 bits per heavy atom. The highest BCUT2D eigenvalue weighted by molar-refractivity contribution is 5.97. The molecule has 2 N–H and O–H groups in total. The van der Waals surface area contributed by atoms with Gasteiger partial charge >= 0.3 is 5.97 Å². The van der Waals surface area contributed by atoms with Crippen molar-refractivity contribution >= 4 is 23.6 Å². The first-order chi connectivity index (χ1) is 13.8. The van der Waals surface area contributed by atoms with E-state index in [0.717, 1.165) is 0 Å². The van der Waals surface area contributed by atoms with Gasteiger partial charge in [0.05, 0.1) is 6.20 Å². The number of carbonyl (C=O) groups is 3. The Balaban J connectivity index is 1.47. The van der Waals surface area contributed by atoms with Crippen molar-refractivity contribution < 1.29 is 28.6 Å². The molecule has 1 aliphatic heterocycles. The third-order valence-corrected chi connectivity index (χ3v) is 4.12. The maximum atomic E-state index is 12.2. The molecule has 0 saturated carbocycles. The van der Waals surface area contributed by atoms with Crippen LogP contribution in [-0.2, 0) is 14.3 Å². The number of rotatable bonds is 7. The Bertz CT molecular complexity index is 923. The monoisotopic (exact) mass is 402 g/mol. The number of hydrogen-bond acceptors (Lipinski definition) is 7. The number of aromatic nitrogens is 2.